The molecule has 0 radical (unpaired) electrons. The number of benzene rings is 2. The molecule has 1 heterocycles. The number of carbonyl (C=O) groups is 2. The van der Waals surface area contributed by atoms with Gasteiger partial charge in [0, 0.05) is 6.42 Å². The van der Waals surface area contributed by atoms with Crippen LogP contribution in [-0.2, 0) is 16.0 Å². The average molecular weight is 514 g/mol. The van der Waals surface area contributed by atoms with Gasteiger partial charge in [-0.1, -0.05) is 32.0 Å². The third-order valence-corrected chi connectivity index (χ3v) is 6.33. The van der Waals surface area contributed by atoms with E-state index >= 15 is 0 Å². The van der Waals surface area contributed by atoms with E-state index in [0.29, 0.717) is 17.7 Å². The number of alkyl halides is 3. The van der Waals surface area contributed by atoms with E-state index in [9.17, 15) is 27.2 Å². The lowest BCUT2D eigenvalue weighted by Crippen LogP contribution is -2.61. The second-order valence-electron chi connectivity index (χ2n) is 8.56. The van der Waals surface area contributed by atoms with Crippen molar-refractivity contribution in [2.75, 3.05) is 7.11 Å². The molecule has 2 amide bonds. The van der Waals surface area contributed by atoms with Crippen LogP contribution >= 0.6 is 11.8 Å². The molecular formula is C24H27F4N3O3S. The third kappa shape index (κ3) is 7.60. The molecule has 2 aromatic rings. The van der Waals surface area contributed by atoms with Gasteiger partial charge in [0.2, 0.25) is 11.8 Å². The van der Waals surface area contributed by atoms with Crippen molar-refractivity contribution in [3.8, 4) is 5.75 Å². The standard InChI is InChI=1S/C24H27F4N3O3S/c1-13(2)22(15-6-9-19(17(25)11-15)35-24(26,27)28)31-23(33)18-12-21(32)30-20(29-18)10-14-4-7-16(34-3)8-5-14/h4-9,11,13,18,20,22,29H,10,12H2,1-3H3,(H,30,32)(H,31,33)/t18?,20?,22-/m1/s1. The Bertz CT molecular complexity index is 1050. The summed E-state index contributed by atoms with van der Waals surface area (Å²) in [5, 5.41) is 8.76. The predicted molar refractivity (Wildman–Crippen MR) is 124 cm³/mol. The number of rotatable bonds is 8. The minimum Gasteiger partial charge on any atom is -0.497 e. The molecule has 1 fully saturated rings. The molecular weight excluding hydrogens is 486 g/mol. The first-order valence-electron chi connectivity index (χ1n) is 11.0. The van der Waals surface area contributed by atoms with Crippen molar-refractivity contribution in [1.82, 2.24) is 16.0 Å². The highest BCUT2D eigenvalue weighted by Crippen LogP contribution is 2.39. The summed E-state index contributed by atoms with van der Waals surface area (Å²) in [5.41, 5.74) is -3.34. The highest BCUT2D eigenvalue weighted by Gasteiger charge is 2.33. The Kier molecular flexibility index (Phi) is 8.65. The number of ether oxygens (including phenoxy) is 1. The van der Waals surface area contributed by atoms with Crippen molar-refractivity contribution in [2.45, 2.75) is 55.3 Å². The Morgan fingerprint density at radius 2 is 1.89 bits per heavy atom. The smallest absolute Gasteiger partial charge is 0.446 e. The molecule has 3 N–H and O–H groups in total. The maximum absolute atomic E-state index is 14.3. The summed E-state index contributed by atoms with van der Waals surface area (Å²) in [6.07, 6.45) is -0.115. The summed E-state index contributed by atoms with van der Waals surface area (Å²) in [6.45, 7) is 3.60. The zero-order valence-corrected chi connectivity index (χ0v) is 20.2. The fourth-order valence-electron chi connectivity index (χ4n) is 3.86. The van der Waals surface area contributed by atoms with E-state index in [4.69, 9.17) is 4.74 Å². The van der Waals surface area contributed by atoms with Gasteiger partial charge in [-0.15, -0.1) is 0 Å². The van der Waals surface area contributed by atoms with Crippen LogP contribution in [0.4, 0.5) is 17.6 Å². The highest BCUT2D eigenvalue weighted by molar-refractivity contribution is 8.00. The summed E-state index contributed by atoms with van der Waals surface area (Å²) in [6, 6.07) is 9.28. The molecule has 1 aliphatic rings. The summed E-state index contributed by atoms with van der Waals surface area (Å²) in [5.74, 6) is -1.24. The van der Waals surface area contributed by atoms with Crippen molar-refractivity contribution in [3.05, 3.63) is 59.4 Å². The van der Waals surface area contributed by atoms with Gasteiger partial charge in [0.25, 0.3) is 0 Å². The minimum atomic E-state index is -4.61. The Balaban J connectivity index is 1.69. The van der Waals surface area contributed by atoms with Gasteiger partial charge in [-0.3, -0.25) is 14.9 Å². The number of hydrogen-bond donors (Lipinski definition) is 3. The molecule has 3 atom stereocenters. The van der Waals surface area contributed by atoms with Gasteiger partial charge >= 0.3 is 5.51 Å². The number of thioether (sulfide) groups is 1. The Morgan fingerprint density at radius 3 is 2.46 bits per heavy atom. The van der Waals surface area contributed by atoms with Gasteiger partial charge < -0.3 is 15.4 Å². The van der Waals surface area contributed by atoms with Crippen LogP contribution in [0.3, 0.4) is 0 Å². The van der Waals surface area contributed by atoms with E-state index in [0.717, 1.165) is 17.7 Å². The molecule has 3 rings (SSSR count). The van der Waals surface area contributed by atoms with Crippen LogP contribution in [0.1, 0.15) is 37.4 Å². The van der Waals surface area contributed by atoms with Crippen molar-refractivity contribution >= 4 is 23.6 Å². The fraction of sp³-hybridized carbons (Fsp3) is 0.417. The van der Waals surface area contributed by atoms with Crippen molar-refractivity contribution < 1.29 is 31.9 Å². The molecule has 35 heavy (non-hydrogen) atoms. The van der Waals surface area contributed by atoms with Crippen LogP contribution < -0.4 is 20.7 Å². The highest BCUT2D eigenvalue weighted by atomic mass is 32.2. The molecule has 0 bridgehead atoms. The number of amides is 2. The first kappa shape index (κ1) is 26.8. The average Bonchev–Trinajstić information content (AvgIpc) is 2.78. The quantitative estimate of drug-likeness (QED) is 0.362. The van der Waals surface area contributed by atoms with Crippen molar-refractivity contribution in [1.29, 1.82) is 0 Å². The number of hydrogen-bond acceptors (Lipinski definition) is 5. The van der Waals surface area contributed by atoms with Crippen LogP contribution in [0.5, 0.6) is 5.75 Å². The van der Waals surface area contributed by atoms with E-state index in [1.165, 1.54) is 6.07 Å². The van der Waals surface area contributed by atoms with Crippen LogP contribution in [0.15, 0.2) is 47.4 Å². The second-order valence-corrected chi connectivity index (χ2v) is 9.67. The summed E-state index contributed by atoms with van der Waals surface area (Å²) in [4.78, 5) is 24.8. The summed E-state index contributed by atoms with van der Waals surface area (Å²) >= 11 is -0.528. The predicted octanol–water partition coefficient (Wildman–Crippen LogP) is 4.31. The Hall–Kier alpha value is -2.79. The maximum atomic E-state index is 14.3. The normalized spacial score (nSPS) is 19.3. The lowest BCUT2D eigenvalue weighted by molar-refractivity contribution is -0.132. The zero-order chi connectivity index (χ0) is 25.8. The molecule has 2 aromatic carbocycles. The van der Waals surface area contributed by atoms with Gasteiger partial charge in [-0.2, -0.15) is 13.2 Å². The fourth-order valence-corrected chi connectivity index (χ4v) is 4.41. The Morgan fingerprint density at radius 1 is 1.20 bits per heavy atom. The molecule has 0 saturated carbocycles. The number of carbonyl (C=O) groups excluding carboxylic acids is 2. The lowest BCUT2D eigenvalue weighted by atomic mass is 9.95. The molecule has 1 aliphatic heterocycles. The minimum absolute atomic E-state index is 0.0781. The van der Waals surface area contributed by atoms with E-state index in [1.807, 2.05) is 12.1 Å². The largest absolute Gasteiger partial charge is 0.497 e. The molecule has 11 heteroatoms. The molecule has 0 aromatic heterocycles. The van der Waals surface area contributed by atoms with Gasteiger partial charge in [-0.05, 0) is 53.1 Å². The summed E-state index contributed by atoms with van der Waals surface area (Å²) in [7, 11) is 1.57. The van der Waals surface area contributed by atoms with Crippen LogP contribution in [0.25, 0.3) is 0 Å². The maximum Gasteiger partial charge on any atom is 0.446 e. The molecule has 6 nitrogen and oxygen atoms in total. The topological polar surface area (TPSA) is 79.5 Å². The third-order valence-electron chi connectivity index (χ3n) is 5.55. The van der Waals surface area contributed by atoms with Gasteiger partial charge in [0.15, 0.2) is 0 Å². The summed E-state index contributed by atoms with van der Waals surface area (Å²) < 4.78 is 57.3. The number of halogens is 4. The van der Waals surface area contributed by atoms with Gasteiger partial charge in [0.1, 0.15) is 11.6 Å². The molecule has 190 valence electrons. The van der Waals surface area contributed by atoms with Crippen LogP contribution in [0.2, 0.25) is 0 Å². The van der Waals surface area contributed by atoms with E-state index in [1.54, 1.807) is 33.1 Å². The van der Waals surface area contributed by atoms with E-state index in [2.05, 4.69) is 16.0 Å². The van der Waals surface area contributed by atoms with Crippen LogP contribution in [0, 0.1) is 11.7 Å². The van der Waals surface area contributed by atoms with E-state index in [-0.39, 0.29) is 18.2 Å². The van der Waals surface area contributed by atoms with Gasteiger partial charge in [0.05, 0.1) is 36.7 Å². The molecule has 0 spiro atoms. The Labute approximate surface area is 205 Å². The number of nitrogens with one attached hydrogen (secondary N) is 3. The molecule has 1 saturated heterocycles. The lowest BCUT2D eigenvalue weighted by Gasteiger charge is -2.33. The van der Waals surface area contributed by atoms with Gasteiger partial charge in [-0.25, -0.2) is 4.39 Å². The number of methoxy groups -OCH3 is 1. The SMILES string of the molecule is COc1ccc(CC2NC(=O)CC(C(=O)N[C@@H](c3ccc(SC(F)(F)F)c(F)c3)C(C)C)N2)cc1. The first-order valence-corrected chi connectivity index (χ1v) is 11.8. The second kappa shape index (κ2) is 11.3. The first-order chi connectivity index (χ1) is 16.4. The molecule has 0 aliphatic carbocycles. The monoisotopic (exact) mass is 513 g/mol. The van der Waals surface area contributed by atoms with E-state index < -0.39 is 52.1 Å². The van der Waals surface area contributed by atoms with Crippen molar-refractivity contribution in [3.63, 3.8) is 0 Å². The van der Waals surface area contributed by atoms with Crippen LogP contribution in [-0.4, -0.2) is 36.6 Å². The zero-order valence-electron chi connectivity index (χ0n) is 19.4. The van der Waals surface area contributed by atoms with Crippen molar-refractivity contribution in [2.24, 2.45) is 5.92 Å². The molecule has 2 unspecified atom stereocenters.